The van der Waals surface area contributed by atoms with E-state index in [9.17, 15) is 0 Å². The van der Waals surface area contributed by atoms with Crippen molar-refractivity contribution in [2.24, 2.45) is 5.10 Å². The minimum Gasteiger partial charge on any atom is -0.492 e. The Morgan fingerprint density at radius 2 is 2.18 bits per heavy atom. The van der Waals surface area contributed by atoms with Crippen LogP contribution in [0.2, 0.25) is 5.02 Å². The number of aromatic nitrogens is 3. The number of thioether (sulfide) groups is 1. The van der Waals surface area contributed by atoms with Gasteiger partial charge in [-0.2, -0.15) is 9.78 Å². The van der Waals surface area contributed by atoms with E-state index in [1.54, 1.807) is 10.9 Å². The molecule has 0 fully saturated rings. The fourth-order valence-electron chi connectivity index (χ4n) is 1.87. The lowest BCUT2D eigenvalue weighted by molar-refractivity contribution is 0.340. The smallest absolute Gasteiger partial charge is 0.211 e. The van der Waals surface area contributed by atoms with Gasteiger partial charge in [-0.05, 0) is 36.9 Å². The Kier molecular flexibility index (Phi) is 5.85. The molecular weight excluding hydrogens is 320 g/mol. The Balaban J connectivity index is 2.29. The highest BCUT2D eigenvalue weighted by molar-refractivity contribution is 7.98. The van der Waals surface area contributed by atoms with Crippen LogP contribution in [0.25, 0.3) is 0 Å². The molecule has 7 heteroatoms. The van der Waals surface area contributed by atoms with Crippen molar-refractivity contribution >= 4 is 29.6 Å². The van der Waals surface area contributed by atoms with E-state index in [2.05, 4.69) is 29.1 Å². The van der Waals surface area contributed by atoms with Crippen molar-refractivity contribution in [2.75, 3.05) is 12.9 Å². The summed E-state index contributed by atoms with van der Waals surface area (Å²) in [5.74, 6) is 1.75. The van der Waals surface area contributed by atoms with Crippen LogP contribution >= 0.6 is 23.4 Å². The average Bonchev–Trinajstić information content (AvgIpc) is 2.91. The number of halogens is 1. The second-order valence-electron chi connectivity index (χ2n) is 4.88. The summed E-state index contributed by atoms with van der Waals surface area (Å²) in [6.45, 7) is 6.64. The normalized spacial score (nSPS) is 11.5. The lowest BCUT2D eigenvalue weighted by atomic mass is 10.2. The molecule has 1 aromatic carbocycles. The maximum atomic E-state index is 6.19. The van der Waals surface area contributed by atoms with Gasteiger partial charge in [0.25, 0.3) is 0 Å². The van der Waals surface area contributed by atoms with Gasteiger partial charge in [0.2, 0.25) is 5.16 Å². The van der Waals surface area contributed by atoms with Gasteiger partial charge in [-0.3, -0.25) is 0 Å². The highest BCUT2D eigenvalue weighted by atomic mass is 35.5. The predicted octanol–water partition coefficient (Wildman–Crippen LogP) is 4.06. The zero-order chi connectivity index (χ0) is 16.1. The number of hydrogen-bond acceptors (Lipinski definition) is 5. The molecule has 0 amide bonds. The summed E-state index contributed by atoms with van der Waals surface area (Å²) in [6.07, 6.45) is 3.70. The molecule has 22 heavy (non-hydrogen) atoms. The van der Waals surface area contributed by atoms with E-state index in [0.29, 0.717) is 17.4 Å². The van der Waals surface area contributed by atoms with Gasteiger partial charge < -0.3 is 4.74 Å². The molecule has 5 nitrogen and oxygen atoms in total. The standard InChI is InChI=1S/C15H19ClN4OS/c1-5-21-13-7-6-11(8-12(13)16)9-17-20-14(10(2)3)18-19-15(20)22-4/h6-10H,5H2,1-4H3/b17-9-. The molecule has 0 saturated heterocycles. The number of benzene rings is 1. The van der Waals surface area contributed by atoms with Gasteiger partial charge in [-0.25, -0.2) is 0 Å². The van der Waals surface area contributed by atoms with Gasteiger partial charge in [0.1, 0.15) is 5.75 Å². The van der Waals surface area contributed by atoms with E-state index in [4.69, 9.17) is 16.3 Å². The first-order valence-corrected chi connectivity index (χ1v) is 8.63. The molecule has 118 valence electrons. The summed E-state index contributed by atoms with van der Waals surface area (Å²) in [6, 6.07) is 5.59. The van der Waals surface area contributed by atoms with Crippen molar-refractivity contribution in [2.45, 2.75) is 31.8 Å². The lowest BCUT2D eigenvalue weighted by Gasteiger charge is -2.07. The number of nitrogens with zero attached hydrogens (tertiary/aromatic N) is 4. The molecule has 0 unspecified atom stereocenters. The predicted molar refractivity (Wildman–Crippen MR) is 91.5 cm³/mol. The SMILES string of the molecule is CCOc1ccc(/C=N\n2c(SC)nnc2C(C)C)cc1Cl. The Morgan fingerprint density at radius 1 is 1.41 bits per heavy atom. The zero-order valence-corrected chi connectivity index (χ0v) is 14.6. The van der Waals surface area contributed by atoms with Crippen molar-refractivity contribution in [1.82, 2.24) is 14.9 Å². The highest BCUT2D eigenvalue weighted by Gasteiger charge is 2.13. The largest absolute Gasteiger partial charge is 0.492 e. The molecule has 0 saturated carbocycles. The molecule has 0 radical (unpaired) electrons. The van der Waals surface area contributed by atoms with Crippen LogP contribution in [0.1, 0.15) is 38.1 Å². The third-order valence-electron chi connectivity index (χ3n) is 2.91. The van der Waals surface area contributed by atoms with Gasteiger partial charge in [-0.1, -0.05) is 37.2 Å². The van der Waals surface area contributed by atoms with Crippen LogP contribution in [0.5, 0.6) is 5.75 Å². The van der Waals surface area contributed by atoms with Crippen LogP contribution < -0.4 is 4.74 Å². The summed E-state index contributed by atoms with van der Waals surface area (Å²) in [7, 11) is 0. The third kappa shape index (κ3) is 3.81. The summed E-state index contributed by atoms with van der Waals surface area (Å²) in [4.78, 5) is 0. The van der Waals surface area contributed by atoms with Crippen LogP contribution in [0.4, 0.5) is 0 Å². The minimum absolute atomic E-state index is 0.245. The molecule has 2 rings (SSSR count). The van der Waals surface area contributed by atoms with Crippen molar-refractivity contribution in [1.29, 1.82) is 0 Å². The van der Waals surface area contributed by atoms with E-state index < -0.39 is 0 Å². The molecular formula is C15H19ClN4OS. The van der Waals surface area contributed by atoms with Gasteiger partial charge in [0, 0.05) is 5.92 Å². The first-order valence-electron chi connectivity index (χ1n) is 7.02. The third-order valence-corrected chi connectivity index (χ3v) is 3.83. The molecule has 2 aromatic rings. The molecule has 0 N–H and O–H groups in total. The van der Waals surface area contributed by atoms with Gasteiger partial charge in [-0.15, -0.1) is 10.2 Å². The maximum absolute atomic E-state index is 6.19. The summed E-state index contributed by atoms with van der Waals surface area (Å²) in [5.41, 5.74) is 0.893. The van der Waals surface area contributed by atoms with Crippen LogP contribution in [0.3, 0.4) is 0 Å². The summed E-state index contributed by atoms with van der Waals surface area (Å²) >= 11 is 7.70. The lowest BCUT2D eigenvalue weighted by Crippen LogP contribution is -2.02. The van der Waals surface area contributed by atoms with E-state index in [-0.39, 0.29) is 5.92 Å². The topological polar surface area (TPSA) is 52.3 Å². The molecule has 1 aromatic heterocycles. The van der Waals surface area contributed by atoms with Gasteiger partial charge >= 0.3 is 0 Å². The molecule has 0 aliphatic rings. The first-order chi connectivity index (χ1) is 10.6. The van der Waals surface area contributed by atoms with Crippen LogP contribution in [0, 0.1) is 0 Å². The number of ether oxygens (including phenoxy) is 1. The summed E-state index contributed by atoms with van der Waals surface area (Å²) in [5, 5.41) is 14.2. The summed E-state index contributed by atoms with van der Waals surface area (Å²) < 4.78 is 7.19. The van der Waals surface area contributed by atoms with Crippen LogP contribution in [0.15, 0.2) is 28.5 Å². The van der Waals surface area contributed by atoms with E-state index in [0.717, 1.165) is 16.5 Å². The zero-order valence-electron chi connectivity index (χ0n) is 13.1. The second-order valence-corrected chi connectivity index (χ2v) is 6.06. The minimum atomic E-state index is 0.245. The Hall–Kier alpha value is -1.53. The fourth-order valence-corrected chi connectivity index (χ4v) is 2.55. The van der Waals surface area contributed by atoms with Crippen molar-refractivity contribution in [3.05, 3.63) is 34.6 Å². The van der Waals surface area contributed by atoms with E-state index >= 15 is 0 Å². The average molecular weight is 339 g/mol. The molecule has 0 bridgehead atoms. The monoisotopic (exact) mass is 338 g/mol. The Morgan fingerprint density at radius 3 is 2.77 bits per heavy atom. The molecule has 1 heterocycles. The van der Waals surface area contributed by atoms with E-state index in [1.165, 1.54) is 11.8 Å². The van der Waals surface area contributed by atoms with E-state index in [1.807, 2.05) is 31.4 Å². The van der Waals surface area contributed by atoms with Crippen molar-refractivity contribution in [3.63, 3.8) is 0 Å². The molecule has 0 spiro atoms. The Labute approximate surface area is 139 Å². The van der Waals surface area contributed by atoms with Crippen molar-refractivity contribution < 1.29 is 4.74 Å². The first kappa shape index (κ1) is 16.8. The second kappa shape index (κ2) is 7.65. The van der Waals surface area contributed by atoms with Gasteiger partial charge in [0.05, 0.1) is 17.8 Å². The van der Waals surface area contributed by atoms with Crippen LogP contribution in [-0.2, 0) is 0 Å². The maximum Gasteiger partial charge on any atom is 0.211 e. The molecule has 0 aliphatic carbocycles. The highest BCUT2D eigenvalue weighted by Crippen LogP contribution is 2.25. The molecule has 0 atom stereocenters. The number of hydrogen-bond donors (Lipinski definition) is 0. The van der Waals surface area contributed by atoms with Crippen molar-refractivity contribution in [3.8, 4) is 5.75 Å². The molecule has 0 aliphatic heterocycles. The van der Waals surface area contributed by atoms with Crippen LogP contribution in [-0.4, -0.2) is 34.0 Å². The Bertz CT molecular complexity index is 670. The number of rotatable bonds is 6. The van der Waals surface area contributed by atoms with Gasteiger partial charge in [0.15, 0.2) is 5.82 Å². The fraction of sp³-hybridized carbons (Fsp3) is 0.400. The quantitative estimate of drug-likeness (QED) is 0.588.